The van der Waals surface area contributed by atoms with Gasteiger partial charge in [0.25, 0.3) is 5.24 Å². The van der Waals surface area contributed by atoms with E-state index in [1.807, 2.05) is 44.2 Å². The Hall–Kier alpha value is -3.08. The van der Waals surface area contributed by atoms with Crippen LogP contribution in [0.1, 0.15) is 38.7 Å². The number of aliphatic hydroxyl groups is 1. The van der Waals surface area contributed by atoms with Crippen molar-refractivity contribution in [1.29, 1.82) is 0 Å². The fourth-order valence-electron chi connectivity index (χ4n) is 6.67. The Kier molecular flexibility index (Phi) is 11.8. The van der Waals surface area contributed by atoms with Crippen LogP contribution in [0, 0.1) is 11.3 Å². The monoisotopic (exact) mass is 706 g/mol. The van der Waals surface area contributed by atoms with Crippen molar-refractivity contribution in [2.24, 2.45) is 11.3 Å². The lowest BCUT2D eigenvalue weighted by Gasteiger charge is -2.43. The molecule has 0 spiro atoms. The number of benzene rings is 2. The summed E-state index contributed by atoms with van der Waals surface area (Å²) in [5.41, 5.74) is 0.174. The van der Waals surface area contributed by atoms with Crippen LogP contribution in [0.25, 0.3) is 0 Å². The minimum atomic E-state index is -4.25. The fraction of sp³-hybridized carbons (Fsp3) is 0.576. The summed E-state index contributed by atoms with van der Waals surface area (Å²) in [6, 6.07) is 11.8. The molecule has 0 unspecified atom stereocenters. The number of thioether (sulfide) groups is 1. The minimum Gasteiger partial charge on any atom is -0.530 e. The van der Waals surface area contributed by atoms with Gasteiger partial charge in [-0.25, -0.2) is 8.42 Å². The van der Waals surface area contributed by atoms with Gasteiger partial charge in [0, 0.05) is 31.6 Å². The molecule has 0 saturated carbocycles. The lowest BCUT2D eigenvalue weighted by molar-refractivity contribution is -0.273. The molecule has 2 saturated heterocycles. The highest BCUT2D eigenvalue weighted by Crippen LogP contribution is 2.38. The molecule has 2 aromatic carbocycles. The van der Waals surface area contributed by atoms with E-state index in [0.717, 1.165) is 22.2 Å². The van der Waals surface area contributed by atoms with Crippen molar-refractivity contribution in [3.63, 3.8) is 0 Å². The molecule has 2 aromatic rings. The Morgan fingerprint density at radius 3 is 2.60 bits per heavy atom. The number of ether oxygens (including phenoxy) is 4. The van der Waals surface area contributed by atoms with E-state index in [2.05, 4.69) is 5.32 Å². The molecule has 2 amide bonds. The standard InChI is InChI=1S/C33H45N3O10S2/c1-33(2,13-7-14-34-31(38)47-3)20-35(48(41,42)23-10-11-28-29(17-23)46-21-45-28)18-27(37)25(16-22-8-5-4-6-9-22)36(32(39)40)26-19-44-30-24(26)12-15-43-30/h4-6,8-11,17,24-27,30,37H,7,12-16,18-21H2,1-3H3,(H,34,38)(H,39,40)/p-1/t24-,25-,26-,27+,30+/m0/s1. The lowest BCUT2D eigenvalue weighted by atomic mass is 9.87. The first kappa shape index (κ1) is 36.2. The molecule has 0 bridgehead atoms. The predicted molar refractivity (Wildman–Crippen MR) is 176 cm³/mol. The van der Waals surface area contributed by atoms with Crippen molar-refractivity contribution in [2.45, 2.75) is 68.9 Å². The minimum absolute atomic E-state index is 0.00572. The normalized spacial score (nSPS) is 21.6. The summed E-state index contributed by atoms with van der Waals surface area (Å²) in [7, 11) is -4.25. The number of hydrogen-bond acceptors (Lipinski definition) is 11. The average molecular weight is 707 g/mol. The molecule has 5 rings (SSSR count). The van der Waals surface area contributed by atoms with E-state index in [1.54, 1.807) is 6.26 Å². The van der Waals surface area contributed by atoms with Gasteiger partial charge in [0.15, 0.2) is 17.8 Å². The summed E-state index contributed by atoms with van der Waals surface area (Å²) in [6.45, 7) is 4.34. The summed E-state index contributed by atoms with van der Waals surface area (Å²) in [5, 5.41) is 27.6. The van der Waals surface area contributed by atoms with Crippen molar-refractivity contribution in [3.8, 4) is 11.5 Å². The van der Waals surface area contributed by atoms with E-state index in [-0.39, 0.29) is 42.4 Å². The molecule has 13 nitrogen and oxygen atoms in total. The van der Waals surface area contributed by atoms with Gasteiger partial charge < -0.3 is 44.2 Å². The first-order chi connectivity index (χ1) is 22.9. The summed E-state index contributed by atoms with van der Waals surface area (Å²) in [4.78, 5) is 25.7. The topological polar surface area (TPSA) is 167 Å². The number of carbonyl (C=O) groups is 2. The second-order valence-corrected chi connectivity index (χ2v) is 15.8. The molecule has 48 heavy (non-hydrogen) atoms. The Bertz CT molecular complexity index is 1530. The van der Waals surface area contributed by atoms with Crippen LogP contribution in [0.5, 0.6) is 11.5 Å². The molecule has 3 aliphatic rings. The molecule has 5 atom stereocenters. The number of carboxylic acid groups (broad SMARTS) is 1. The number of rotatable bonds is 15. The zero-order valence-electron chi connectivity index (χ0n) is 27.4. The fourth-order valence-corrected chi connectivity index (χ4v) is 8.58. The first-order valence-corrected chi connectivity index (χ1v) is 18.7. The Morgan fingerprint density at radius 1 is 1.12 bits per heavy atom. The Balaban J connectivity index is 1.45. The number of amides is 2. The van der Waals surface area contributed by atoms with Gasteiger partial charge in [-0.05, 0) is 55.1 Å². The van der Waals surface area contributed by atoms with Crippen molar-refractivity contribution in [2.75, 3.05) is 45.9 Å². The number of hydrogen-bond donors (Lipinski definition) is 2. The summed E-state index contributed by atoms with van der Waals surface area (Å²) >= 11 is 1.08. The van der Waals surface area contributed by atoms with Gasteiger partial charge in [-0.1, -0.05) is 55.9 Å². The maximum absolute atomic E-state index is 14.4. The van der Waals surface area contributed by atoms with Gasteiger partial charge in [-0.15, -0.1) is 0 Å². The molecule has 3 aliphatic heterocycles. The van der Waals surface area contributed by atoms with Gasteiger partial charge in [0.2, 0.25) is 16.8 Å². The third kappa shape index (κ3) is 8.55. The Labute approximate surface area is 285 Å². The van der Waals surface area contributed by atoms with Crippen molar-refractivity contribution < 1.29 is 47.2 Å². The third-order valence-corrected chi connectivity index (χ3v) is 11.5. The van der Waals surface area contributed by atoms with E-state index in [4.69, 9.17) is 18.9 Å². The van der Waals surface area contributed by atoms with Gasteiger partial charge >= 0.3 is 0 Å². The summed E-state index contributed by atoms with van der Waals surface area (Å²) in [5.74, 6) is 0.473. The first-order valence-electron chi connectivity index (χ1n) is 16.1. The second kappa shape index (κ2) is 15.6. The third-order valence-electron chi connectivity index (χ3n) is 9.13. The molecular weight excluding hydrogens is 663 g/mol. The highest BCUT2D eigenvalue weighted by molar-refractivity contribution is 8.12. The molecule has 2 N–H and O–H groups in total. The molecule has 0 aliphatic carbocycles. The molecular formula is C33H44N3O10S2-. The largest absolute Gasteiger partial charge is 0.530 e. The van der Waals surface area contributed by atoms with Crippen LogP contribution < -0.4 is 19.9 Å². The number of nitrogens with zero attached hydrogens (tertiary/aromatic N) is 2. The average Bonchev–Trinajstić information content (AvgIpc) is 3.81. The number of fused-ring (bicyclic) bond motifs is 2. The zero-order valence-corrected chi connectivity index (χ0v) is 29.0. The van der Waals surface area contributed by atoms with Crippen LogP contribution in [0.3, 0.4) is 0 Å². The molecule has 0 radical (unpaired) electrons. The van der Waals surface area contributed by atoms with Crippen LogP contribution in [0.4, 0.5) is 9.59 Å². The number of sulfonamides is 1. The zero-order chi connectivity index (χ0) is 34.5. The van der Waals surface area contributed by atoms with Crippen molar-refractivity contribution in [3.05, 3.63) is 54.1 Å². The smallest absolute Gasteiger partial charge is 0.278 e. The molecule has 3 heterocycles. The molecule has 0 aromatic heterocycles. The SMILES string of the molecule is CSC(=O)NCCCC(C)(C)CN(C[C@@H](O)[C@H](Cc1ccccc1)N(C(=O)[O-])[C@H]1CO[C@H]2OCC[C@H]21)S(=O)(=O)c1ccc2c(c1)OCO2. The van der Waals surface area contributed by atoms with Crippen molar-refractivity contribution >= 4 is 33.1 Å². The number of carbonyl (C=O) groups excluding carboxylic acids is 2. The van der Waals surface area contributed by atoms with Crippen LogP contribution in [-0.2, 0) is 25.9 Å². The predicted octanol–water partition coefficient (Wildman–Crippen LogP) is 2.66. The van der Waals surface area contributed by atoms with Crippen LogP contribution >= 0.6 is 11.8 Å². The molecule has 264 valence electrons. The van der Waals surface area contributed by atoms with Crippen molar-refractivity contribution in [1.82, 2.24) is 14.5 Å². The maximum atomic E-state index is 14.4. The van der Waals surface area contributed by atoms with Gasteiger partial charge in [-0.3, -0.25) is 4.79 Å². The Morgan fingerprint density at radius 2 is 1.88 bits per heavy atom. The summed E-state index contributed by atoms with van der Waals surface area (Å²) < 4.78 is 52.2. The van der Waals surface area contributed by atoms with E-state index in [0.29, 0.717) is 43.9 Å². The molecule has 15 heteroatoms. The number of aliphatic hydroxyl groups excluding tert-OH is 1. The second-order valence-electron chi connectivity index (χ2n) is 13.1. The van der Waals surface area contributed by atoms with Gasteiger partial charge in [0.1, 0.15) is 6.09 Å². The maximum Gasteiger partial charge on any atom is 0.278 e. The van der Waals surface area contributed by atoms with Gasteiger partial charge in [0.05, 0.1) is 36.3 Å². The highest BCUT2D eigenvalue weighted by Gasteiger charge is 2.47. The van der Waals surface area contributed by atoms with Crippen LogP contribution in [-0.4, -0.2) is 104 Å². The van der Waals surface area contributed by atoms with Crippen LogP contribution in [0.15, 0.2) is 53.4 Å². The van der Waals surface area contributed by atoms with Crippen LogP contribution in [0.2, 0.25) is 0 Å². The molecule has 2 fully saturated rings. The van der Waals surface area contributed by atoms with E-state index >= 15 is 0 Å². The van der Waals surface area contributed by atoms with E-state index in [1.165, 1.54) is 22.5 Å². The quantitative estimate of drug-likeness (QED) is 0.262. The highest BCUT2D eigenvalue weighted by atomic mass is 32.2. The number of nitrogens with one attached hydrogen (secondary N) is 1. The van der Waals surface area contributed by atoms with E-state index < -0.39 is 52.6 Å². The van der Waals surface area contributed by atoms with Gasteiger partial charge in [-0.2, -0.15) is 4.31 Å². The lowest BCUT2D eigenvalue weighted by Crippen LogP contribution is -2.61. The van der Waals surface area contributed by atoms with E-state index in [9.17, 15) is 28.2 Å². The summed E-state index contributed by atoms with van der Waals surface area (Å²) in [6.07, 6.45) is 0.0719.